The van der Waals surface area contributed by atoms with Gasteiger partial charge in [0.1, 0.15) is 11.3 Å². The Hall–Kier alpha value is -2.06. The Morgan fingerprint density at radius 1 is 1.37 bits per heavy atom. The van der Waals surface area contributed by atoms with Gasteiger partial charge in [-0.1, -0.05) is 0 Å². The fraction of sp³-hybridized carbons (Fsp3) is 0.684. The smallest absolute Gasteiger partial charge is 0.410 e. The highest BCUT2D eigenvalue weighted by atomic mass is 16.6. The molecule has 2 fully saturated rings. The van der Waals surface area contributed by atoms with Gasteiger partial charge in [-0.15, -0.1) is 0 Å². The molecule has 2 amide bonds. The second kappa shape index (κ2) is 8.31. The third kappa shape index (κ3) is 4.62. The van der Waals surface area contributed by atoms with Crippen molar-refractivity contribution in [1.29, 1.82) is 0 Å². The SMILES string of the molecule is COCCN(C)CCN1CC2(CCN(C(=O)c3cc(C)c[nH]3)CC2)OC1=O. The predicted octanol–water partition coefficient (Wildman–Crippen LogP) is 1.33. The number of hydrogen-bond acceptors (Lipinski definition) is 5. The number of likely N-dealkylation sites (tertiary alicyclic amines) is 1. The van der Waals surface area contributed by atoms with E-state index in [1.807, 2.05) is 31.1 Å². The maximum atomic E-state index is 12.6. The second-order valence-corrected chi connectivity index (χ2v) is 7.65. The number of rotatable bonds is 7. The van der Waals surface area contributed by atoms with Crippen LogP contribution >= 0.6 is 0 Å². The first-order valence-electron chi connectivity index (χ1n) is 9.52. The molecule has 0 aliphatic carbocycles. The highest BCUT2D eigenvalue weighted by Gasteiger charge is 2.47. The van der Waals surface area contributed by atoms with Crippen LogP contribution in [0.1, 0.15) is 28.9 Å². The molecule has 0 bridgehead atoms. The maximum Gasteiger partial charge on any atom is 0.410 e. The number of ether oxygens (including phenoxy) is 2. The number of carbonyl (C=O) groups is 2. The minimum Gasteiger partial charge on any atom is -0.441 e. The molecule has 1 spiro atoms. The van der Waals surface area contributed by atoms with Crippen LogP contribution in [-0.4, -0.2) is 97.3 Å². The minimum atomic E-state index is -0.454. The number of H-pyrrole nitrogens is 1. The number of aryl methyl sites for hydroxylation is 1. The number of methoxy groups -OCH3 is 1. The van der Waals surface area contributed by atoms with E-state index in [-0.39, 0.29) is 12.0 Å². The fourth-order valence-electron chi connectivity index (χ4n) is 3.69. The van der Waals surface area contributed by atoms with E-state index in [0.29, 0.717) is 51.3 Å². The van der Waals surface area contributed by atoms with Gasteiger partial charge in [0.2, 0.25) is 0 Å². The molecule has 0 atom stereocenters. The molecular weight excluding hydrogens is 348 g/mol. The van der Waals surface area contributed by atoms with Crippen LogP contribution in [0.15, 0.2) is 12.3 Å². The topological polar surface area (TPSA) is 78.1 Å². The molecule has 0 unspecified atom stereocenters. The number of likely N-dealkylation sites (N-methyl/N-ethyl adjacent to an activating group) is 1. The van der Waals surface area contributed by atoms with E-state index >= 15 is 0 Å². The molecule has 2 aliphatic rings. The van der Waals surface area contributed by atoms with Crippen molar-refractivity contribution < 1.29 is 19.1 Å². The van der Waals surface area contributed by atoms with Crippen LogP contribution in [0, 0.1) is 6.92 Å². The number of nitrogens with zero attached hydrogens (tertiary/aromatic N) is 3. The number of aromatic amines is 1. The number of hydrogen-bond donors (Lipinski definition) is 1. The van der Waals surface area contributed by atoms with Crippen molar-refractivity contribution in [3.05, 3.63) is 23.5 Å². The Balaban J connectivity index is 1.49. The van der Waals surface area contributed by atoms with Crippen LogP contribution < -0.4 is 0 Å². The van der Waals surface area contributed by atoms with Crippen LogP contribution in [0.5, 0.6) is 0 Å². The minimum absolute atomic E-state index is 0.0129. The molecule has 8 nitrogen and oxygen atoms in total. The fourth-order valence-corrected chi connectivity index (χ4v) is 3.69. The zero-order chi connectivity index (χ0) is 19.4. The summed E-state index contributed by atoms with van der Waals surface area (Å²) in [4.78, 5) is 33.6. The van der Waals surface area contributed by atoms with Gasteiger partial charge in [-0.05, 0) is 25.6 Å². The van der Waals surface area contributed by atoms with E-state index in [9.17, 15) is 9.59 Å². The number of amides is 2. The summed E-state index contributed by atoms with van der Waals surface area (Å²) in [6, 6.07) is 1.87. The molecule has 150 valence electrons. The van der Waals surface area contributed by atoms with Crippen molar-refractivity contribution in [3.8, 4) is 0 Å². The van der Waals surface area contributed by atoms with Gasteiger partial charge >= 0.3 is 6.09 Å². The summed E-state index contributed by atoms with van der Waals surface area (Å²) in [5.74, 6) is 0.0129. The van der Waals surface area contributed by atoms with Gasteiger partial charge in [-0.3, -0.25) is 4.79 Å². The van der Waals surface area contributed by atoms with Gasteiger partial charge in [-0.25, -0.2) is 4.79 Å². The number of nitrogens with one attached hydrogen (secondary N) is 1. The zero-order valence-corrected chi connectivity index (χ0v) is 16.5. The Kier molecular flexibility index (Phi) is 6.06. The monoisotopic (exact) mass is 378 g/mol. The maximum absolute atomic E-state index is 12.6. The van der Waals surface area contributed by atoms with E-state index in [0.717, 1.165) is 18.7 Å². The quantitative estimate of drug-likeness (QED) is 0.774. The molecule has 8 heteroatoms. The summed E-state index contributed by atoms with van der Waals surface area (Å²) in [6.45, 7) is 6.70. The predicted molar refractivity (Wildman–Crippen MR) is 101 cm³/mol. The summed E-state index contributed by atoms with van der Waals surface area (Å²) in [6.07, 6.45) is 2.95. The molecule has 1 N–H and O–H groups in total. The van der Waals surface area contributed by atoms with Gasteiger partial charge in [0, 0.05) is 58.9 Å². The lowest BCUT2D eigenvalue weighted by Gasteiger charge is -2.37. The number of piperidine rings is 1. The van der Waals surface area contributed by atoms with Crippen molar-refractivity contribution in [2.45, 2.75) is 25.4 Å². The lowest BCUT2D eigenvalue weighted by Crippen LogP contribution is -2.49. The van der Waals surface area contributed by atoms with Gasteiger partial charge in [0.05, 0.1) is 13.2 Å². The lowest BCUT2D eigenvalue weighted by molar-refractivity contribution is 0.00297. The van der Waals surface area contributed by atoms with Crippen molar-refractivity contribution >= 4 is 12.0 Å². The van der Waals surface area contributed by atoms with Crippen molar-refractivity contribution in [1.82, 2.24) is 19.7 Å². The summed E-state index contributed by atoms with van der Waals surface area (Å²) in [7, 11) is 3.70. The van der Waals surface area contributed by atoms with E-state index in [1.54, 1.807) is 12.0 Å². The summed E-state index contributed by atoms with van der Waals surface area (Å²) >= 11 is 0. The molecule has 27 heavy (non-hydrogen) atoms. The van der Waals surface area contributed by atoms with E-state index in [1.165, 1.54) is 0 Å². The van der Waals surface area contributed by atoms with Crippen LogP contribution in [0.3, 0.4) is 0 Å². The first-order chi connectivity index (χ1) is 12.9. The Morgan fingerprint density at radius 2 is 2.11 bits per heavy atom. The Labute approximate surface area is 160 Å². The second-order valence-electron chi connectivity index (χ2n) is 7.65. The first kappa shape index (κ1) is 19.7. The molecule has 0 saturated carbocycles. The standard InChI is InChI=1S/C19H30N4O4/c1-15-12-16(20-13-15)17(24)22-6-4-19(5-7-22)14-23(18(25)27-19)9-8-21(2)10-11-26-3/h12-13,20H,4-11,14H2,1-3H3. The van der Waals surface area contributed by atoms with E-state index < -0.39 is 5.60 Å². The van der Waals surface area contributed by atoms with E-state index in [2.05, 4.69) is 9.88 Å². The zero-order valence-electron chi connectivity index (χ0n) is 16.5. The highest BCUT2D eigenvalue weighted by molar-refractivity contribution is 5.92. The van der Waals surface area contributed by atoms with Gasteiger partial charge in [0.15, 0.2) is 0 Å². The molecule has 0 radical (unpaired) electrons. The third-order valence-corrected chi connectivity index (χ3v) is 5.49. The van der Waals surface area contributed by atoms with Gasteiger partial charge in [-0.2, -0.15) is 0 Å². The molecule has 0 aromatic carbocycles. The third-order valence-electron chi connectivity index (χ3n) is 5.49. The van der Waals surface area contributed by atoms with Gasteiger partial charge in [0.25, 0.3) is 5.91 Å². The summed E-state index contributed by atoms with van der Waals surface area (Å²) in [5.41, 5.74) is 1.21. The van der Waals surface area contributed by atoms with Crippen molar-refractivity contribution in [3.63, 3.8) is 0 Å². The average Bonchev–Trinajstić information content (AvgIpc) is 3.22. The highest BCUT2D eigenvalue weighted by Crippen LogP contribution is 2.33. The summed E-state index contributed by atoms with van der Waals surface area (Å²) < 4.78 is 10.8. The molecule has 2 saturated heterocycles. The Bertz CT molecular complexity index is 666. The molecule has 3 rings (SSSR count). The van der Waals surface area contributed by atoms with Crippen LogP contribution in [0.2, 0.25) is 0 Å². The molecule has 2 aliphatic heterocycles. The lowest BCUT2D eigenvalue weighted by atomic mass is 9.91. The molecular formula is C19H30N4O4. The largest absolute Gasteiger partial charge is 0.441 e. The van der Waals surface area contributed by atoms with Crippen LogP contribution in [0.4, 0.5) is 4.79 Å². The molecule has 3 heterocycles. The number of carbonyl (C=O) groups excluding carboxylic acids is 2. The average molecular weight is 378 g/mol. The van der Waals surface area contributed by atoms with Gasteiger partial charge < -0.3 is 29.2 Å². The molecule has 1 aromatic rings. The normalized spacial score (nSPS) is 19.2. The number of aromatic nitrogens is 1. The first-order valence-corrected chi connectivity index (χ1v) is 9.52. The van der Waals surface area contributed by atoms with Crippen molar-refractivity contribution in [2.24, 2.45) is 0 Å². The Morgan fingerprint density at radius 3 is 2.74 bits per heavy atom. The van der Waals surface area contributed by atoms with Crippen molar-refractivity contribution in [2.75, 3.05) is 60.0 Å². The van der Waals surface area contributed by atoms with Crippen LogP contribution in [0.25, 0.3) is 0 Å². The van der Waals surface area contributed by atoms with E-state index in [4.69, 9.17) is 9.47 Å². The van der Waals surface area contributed by atoms with Crippen LogP contribution in [-0.2, 0) is 9.47 Å². The summed E-state index contributed by atoms with van der Waals surface area (Å²) in [5, 5.41) is 0. The molecule has 1 aromatic heterocycles.